The van der Waals surface area contributed by atoms with Crippen molar-refractivity contribution in [1.82, 2.24) is 4.90 Å². The Bertz CT molecular complexity index is 2110. The fourth-order valence-corrected chi connectivity index (χ4v) is 11.2. The number of hydrogen-bond donors (Lipinski definition) is 1. The molecule has 12 nitrogen and oxygen atoms in total. The van der Waals surface area contributed by atoms with Crippen LogP contribution in [-0.4, -0.2) is 56.5 Å². The van der Waals surface area contributed by atoms with Crippen LogP contribution < -0.4 is 15.9 Å². The summed E-state index contributed by atoms with van der Waals surface area (Å²) in [6.45, 7) is -2.26. The number of carboxylic acids is 1. The number of likely N-dealkylation sites (tertiary alicyclic amines) is 1. The molecule has 5 aromatic rings. The minimum atomic E-state index is -3.34. The molecule has 0 aliphatic carbocycles. The molecule has 1 aliphatic heterocycles. The standard InChI is InChI=1S/C42H37N2O10P/c1-29(54-42(49)53-28-31-22-24-32(25-23-31)44(50)51)38-36(26-37(45)46)43(39(38)47)40(41(48)52-27-30-14-6-2-7-15-30)55(33-16-8-3-9-17-33,34-18-10-4-11-19-34)35-20-12-5-13-21-35/h2-25,29,36,38H,26-28H2,1H3,(H,45,46). The number of benzene rings is 5. The van der Waals surface area contributed by atoms with Crippen molar-refractivity contribution in [3.05, 3.63) is 167 Å². The molecule has 55 heavy (non-hydrogen) atoms. The lowest BCUT2D eigenvalue weighted by molar-refractivity contribution is -0.384. The van der Waals surface area contributed by atoms with Crippen molar-refractivity contribution in [3.8, 4) is 0 Å². The molecular formula is C42H37N2O10P. The maximum atomic E-state index is 14.9. The van der Waals surface area contributed by atoms with E-state index in [1.54, 1.807) is 12.1 Å². The smallest absolute Gasteiger partial charge is 0.481 e. The van der Waals surface area contributed by atoms with E-state index >= 15 is 0 Å². The first-order valence-electron chi connectivity index (χ1n) is 17.4. The molecular weight excluding hydrogens is 723 g/mol. The van der Waals surface area contributed by atoms with E-state index in [0.29, 0.717) is 11.1 Å². The van der Waals surface area contributed by atoms with Gasteiger partial charge in [0.1, 0.15) is 24.7 Å². The number of aliphatic carboxylic acids is 1. The van der Waals surface area contributed by atoms with Crippen LogP contribution >= 0.6 is 6.89 Å². The van der Waals surface area contributed by atoms with Gasteiger partial charge in [-0.15, -0.1) is 0 Å². The highest BCUT2D eigenvalue weighted by Gasteiger charge is 2.57. The lowest BCUT2D eigenvalue weighted by Crippen LogP contribution is -2.69. The predicted octanol–water partition coefficient (Wildman–Crippen LogP) is 5.81. The van der Waals surface area contributed by atoms with E-state index in [1.807, 2.05) is 109 Å². The highest BCUT2D eigenvalue weighted by Crippen LogP contribution is 2.50. The van der Waals surface area contributed by atoms with E-state index < -0.39 is 60.3 Å². The van der Waals surface area contributed by atoms with Crippen LogP contribution in [0, 0.1) is 16.0 Å². The quantitative estimate of drug-likeness (QED) is 0.0481. The number of carbonyl (C=O) groups is 4. The second kappa shape index (κ2) is 17.1. The number of β-lactam (4-membered cyclic amide) rings is 1. The number of hydrogen-bond acceptors (Lipinski definition) is 9. The summed E-state index contributed by atoms with van der Waals surface area (Å²) in [5.41, 5.74) is 1.03. The zero-order valence-corrected chi connectivity index (χ0v) is 30.6. The number of ether oxygens (including phenoxy) is 3. The Kier molecular flexibility index (Phi) is 11.9. The molecule has 0 bridgehead atoms. The fraction of sp³-hybridized carbons (Fsp3) is 0.167. The molecule has 280 valence electrons. The summed E-state index contributed by atoms with van der Waals surface area (Å²) in [5, 5.41) is 23.4. The van der Waals surface area contributed by atoms with Crippen molar-refractivity contribution in [3.63, 3.8) is 0 Å². The normalized spacial score (nSPS) is 15.6. The minimum absolute atomic E-state index is 0.00696. The number of carboxylic acid groups (broad SMARTS) is 1. The minimum Gasteiger partial charge on any atom is -0.481 e. The number of carbonyl (C=O) groups excluding carboxylic acids is 3. The van der Waals surface area contributed by atoms with E-state index in [1.165, 1.54) is 36.1 Å². The van der Waals surface area contributed by atoms with Crippen LogP contribution in [0.25, 0.3) is 0 Å². The van der Waals surface area contributed by atoms with E-state index in [2.05, 4.69) is 0 Å². The SMILES string of the molecule is CC(OC(=O)OCc1ccc([N+](=O)[O-])cc1)C1C(=O)N(C(C(=O)OCc2ccccc2)=P(c2ccccc2)(c2ccccc2)c2ccccc2)C1CC(=O)O. The number of nitrogens with zero attached hydrogens (tertiary/aromatic N) is 2. The molecule has 0 spiro atoms. The first kappa shape index (κ1) is 38.2. The molecule has 3 atom stereocenters. The average molecular weight is 761 g/mol. The van der Waals surface area contributed by atoms with Gasteiger partial charge in [0.2, 0.25) is 5.91 Å². The van der Waals surface area contributed by atoms with Crippen molar-refractivity contribution < 1.29 is 43.4 Å². The topological polar surface area (TPSA) is 163 Å². The van der Waals surface area contributed by atoms with Gasteiger partial charge in [-0.25, -0.2) is 9.59 Å². The molecule has 1 saturated heterocycles. The maximum Gasteiger partial charge on any atom is 0.508 e. The van der Waals surface area contributed by atoms with Crippen LogP contribution in [0.1, 0.15) is 24.5 Å². The second-order valence-electron chi connectivity index (χ2n) is 12.7. The molecule has 1 aliphatic rings. The molecule has 1 amide bonds. The molecule has 5 aromatic carbocycles. The van der Waals surface area contributed by atoms with Crippen LogP contribution in [0.4, 0.5) is 10.5 Å². The Morgan fingerprint density at radius 3 is 1.65 bits per heavy atom. The Morgan fingerprint density at radius 1 is 0.727 bits per heavy atom. The summed E-state index contributed by atoms with van der Waals surface area (Å²) >= 11 is 0. The molecule has 13 heteroatoms. The predicted molar refractivity (Wildman–Crippen MR) is 207 cm³/mol. The summed E-state index contributed by atoms with van der Waals surface area (Å²) in [6.07, 6.45) is -2.87. The van der Waals surface area contributed by atoms with Crippen LogP contribution in [0.15, 0.2) is 146 Å². The van der Waals surface area contributed by atoms with E-state index in [4.69, 9.17) is 14.2 Å². The van der Waals surface area contributed by atoms with Crippen molar-refractivity contribution in [2.45, 2.75) is 38.7 Å². The summed E-state index contributed by atoms with van der Waals surface area (Å²) in [5.74, 6) is -3.82. The maximum absolute atomic E-state index is 14.9. The summed E-state index contributed by atoms with van der Waals surface area (Å²) in [7, 11) is 0. The molecule has 1 N–H and O–H groups in total. The molecule has 1 heterocycles. The number of amides is 1. The van der Waals surface area contributed by atoms with Crippen molar-refractivity contribution in [1.29, 1.82) is 0 Å². The monoisotopic (exact) mass is 760 g/mol. The number of nitro benzene ring substituents is 1. The van der Waals surface area contributed by atoms with Crippen molar-refractivity contribution in [2.24, 2.45) is 5.92 Å². The molecule has 0 saturated carbocycles. The Balaban J connectivity index is 1.45. The third kappa shape index (κ3) is 8.19. The Hall–Kier alpha value is -6.52. The van der Waals surface area contributed by atoms with Crippen molar-refractivity contribution >= 4 is 57.9 Å². The van der Waals surface area contributed by atoms with Gasteiger partial charge in [0.05, 0.1) is 23.3 Å². The Labute approximate surface area is 317 Å². The first-order valence-corrected chi connectivity index (χ1v) is 19.2. The molecule has 1 fully saturated rings. The number of nitro groups is 1. The van der Waals surface area contributed by atoms with Gasteiger partial charge in [0.25, 0.3) is 5.69 Å². The van der Waals surface area contributed by atoms with Gasteiger partial charge in [-0.05, 0) is 46.1 Å². The third-order valence-electron chi connectivity index (χ3n) is 9.32. The number of non-ortho nitro benzene ring substituents is 1. The van der Waals surface area contributed by atoms with Crippen LogP contribution in [0.3, 0.4) is 0 Å². The van der Waals surface area contributed by atoms with E-state index in [9.17, 15) is 34.4 Å². The fourth-order valence-electron chi connectivity index (χ4n) is 6.81. The summed E-state index contributed by atoms with van der Waals surface area (Å²) in [6, 6.07) is 41.3. The zero-order valence-electron chi connectivity index (χ0n) is 29.7. The second-order valence-corrected chi connectivity index (χ2v) is 16.1. The van der Waals surface area contributed by atoms with Gasteiger partial charge >= 0.3 is 18.1 Å². The van der Waals surface area contributed by atoms with Crippen LogP contribution in [-0.2, 0) is 41.8 Å². The average Bonchev–Trinajstić information content (AvgIpc) is 3.20. The van der Waals surface area contributed by atoms with E-state index in [-0.39, 0.29) is 24.3 Å². The van der Waals surface area contributed by atoms with Gasteiger partial charge in [0, 0.05) is 19.0 Å². The zero-order chi connectivity index (χ0) is 39.0. The lowest BCUT2D eigenvalue weighted by Gasteiger charge is -2.50. The van der Waals surface area contributed by atoms with E-state index in [0.717, 1.165) is 15.9 Å². The molecule has 0 aromatic heterocycles. The summed E-state index contributed by atoms with van der Waals surface area (Å²) < 4.78 is 16.8. The van der Waals surface area contributed by atoms with Gasteiger partial charge in [-0.1, -0.05) is 121 Å². The van der Waals surface area contributed by atoms with Crippen LogP contribution in [0.5, 0.6) is 0 Å². The highest BCUT2D eigenvalue weighted by atomic mass is 31.2. The lowest BCUT2D eigenvalue weighted by atomic mass is 9.81. The molecule has 6 rings (SSSR count). The van der Waals surface area contributed by atoms with Gasteiger partial charge < -0.3 is 24.2 Å². The first-order chi connectivity index (χ1) is 26.6. The van der Waals surface area contributed by atoms with Gasteiger partial charge in [0.15, 0.2) is 0 Å². The highest BCUT2D eigenvalue weighted by molar-refractivity contribution is 7.96. The largest absolute Gasteiger partial charge is 0.508 e. The van der Waals surface area contributed by atoms with Gasteiger partial charge in [-0.2, -0.15) is 0 Å². The number of esters is 1. The summed E-state index contributed by atoms with van der Waals surface area (Å²) in [4.78, 5) is 66.6. The van der Waals surface area contributed by atoms with Gasteiger partial charge in [-0.3, -0.25) is 19.7 Å². The molecule has 0 radical (unpaired) electrons. The third-order valence-corrected chi connectivity index (χ3v) is 13.6. The molecule has 3 unspecified atom stereocenters. The Morgan fingerprint density at radius 2 is 1.18 bits per heavy atom. The van der Waals surface area contributed by atoms with Crippen LogP contribution in [0.2, 0.25) is 0 Å². The van der Waals surface area contributed by atoms with Crippen molar-refractivity contribution in [2.75, 3.05) is 0 Å². The number of rotatable bonds is 14.